The van der Waals surface area contributed by atoms with Crippen molar-refractivity contribution in [3.05, 3.63) is 59.7 Å². The third-order valence-electron chi connectivity index (χ3n) is 4.15. The summed E-state index contributed by atoms with van der Waals surface area (Å²) in [6.45, 7) is 1.79. The molecule has 146 valence electrons. The fourth-order valence-electron chi connectivity index (χ4n) is 2.38. The first-order valence-corrected chi connectivity index (χ1v) is 11.8. The highest BCUT2D eigenvalue weighted by molar-refractivity contribution is 7.92. The Morgan fingerprint density at radius 3 is 1.89 bits per heavy atom. The fourth-order valence-corrected chi connectivity index (χ4v) is 3.52. The summed E-state index contributed by atoms with van der Waals surface area (Å²) in [5, 5.41) is 2.83. The van der Waals surface area contributed by atoms with Crippen LogP contribution >= 0.6 is 0 Å². The number of amides is 1. The number of rotatable bonds is 6. The van der Waals surface area contributed by atoms with E-state index < -0.39 is 19.9 Å². The summed E-state index contributed by atoms with van der Waals surface area (Å²) >= 11 is 0. The zero-order valence-corrected chi connectivity index (χ0v) is 17.1. The van der Waals surface area contributed by atoms with Crippen LogP contribution in [0.15, 0.2) is 53.4 Å². The topological polar surface area (TPSA) is 101 Å². The average molecular weight is 411 g/mol. The first-order valence-electron chi connectivity index (χ1n) is 8.04. The van der Waals surface area contributed by atoms with Gasteiger partial charge in [-0.1, -0.05) is 12.1 Å². The number of nitrogens with one attached hydrogen (secondary N) is 1. The lowest BCUT2D eigenvalue weighted by Crippen LogP contribution is -2.27. The normalized spacial score (nSPS) is 13.0. The number of sulfone groups is 1. The number of sulfonamides is 1. The van der Waals surface area contributed by atoms with Gasteiger partial charge in [0.1, 0.15) is 0 Å². The monoisotopic (exact) mass is 410 g/mol. The van der Waals surface area contributed by atoms with Gasteiger partial charge in [0, 0.05) is 18.9 Å². The zero-order valence-electron chi connectivity index (χ0n) is 15.5. The van der Waals surface area contributed by atoms with Crippen molar-refractivity contribution >= 4 is 31.5 Å². The van der Waals surface area contributed by atoms with Gasteiger partial charge >= 0.3 is 0 Å². The van der Waals surface area contributed by atoms with Crippen LogP contribution in [0.3, 0.4) is 0 Å². The molecular weight excluding hydrogens is 388 g/mol. The van der Waals surface area contributed by atoms with Gasteiger partial charge in [-0.2, -0.15) is 0 Å². The summed E-state index contributed by atoms with van der Waals surface area (Å²) in [6.07, 6.45) is 2.24. The zero-order chi connectivity index (χ0) is 20.4. The Hall–Kier alpha value is -2.39. The largest absolute Gasteiger partial charge is 0.346 e. The van der Waals surface area contributed by atoms with E-state index in [-0.39, 0.29) is 16.8 Å². The predicted octanol–water partition coefficient (Wildman–Crippen LogP) is 1.98. The van der Waals surface area contributed by atoms with Crippen molar-refractivity contribution in [3.63, 3.8) is 0 Å². The highest BCUT2D eigenvalue weighted by Gasteiger charge is 2.15. The van der Waals surface area contributed by atoms with Crippen LogP contribution in [-0.2, 0) is 19.9 Å². The van der Waals surface area contributed by atoms with Gasteiger partial charge < -0.3 is 5.32 Å². The summed E-state index contributed by atoms with van der Waals surface area (Å²) in [5.41, 5.74) is 1.61. The van der Waals surface area contributed by atoms with E-state index in [4.69, 9.17) is 0 Å². The summed E-state index contributed by atoms with van der Waals surface area (Å²) < 4.78 is 47.2. The van der Waals surface area contributed by atoms with Gasteiger partial charge in [-0.25, -0.2) is 16.8 Å². The molecule has 2 rings (SSSR count). The fraction of sp³-hybridized carbons (Fsp3) is 0.278. The Morgan fingerprint density at radius 1 is 0.926 bits per heavy atom. The molecule has 0 saturated heterocycles. The van der Waals surface area contributed by atoms with Crippen molar-refractivity contribution in [1.82, 2.24) is 5.32 Å². The van der Waals surface area contributed by atoms with E-state index in [1.807, 2.05) is 0 Å². The summed E-state index contributed by atoms with van der Waals surface area (Å²) in [7, 11) is -5.20. The average Bonchev–Trinajstić information content (AvgIpc) is 2.59. The molecule has 0 aliphatic heterocycles. The molecule has 0 heterocycles. The van der Waals surface area contributed by atoms with Gasteiger partial charge in [0.05, 0.1) is 22.9 Å². The molecule has 2 aromatic carbocycles. The smallest absolute Gasteiger partial charge is 0.251 e. The van der Waals surface area contributed by atoms with Crippen LogP contribution in [-0.4, -0.2) is 42.3 Å². The van der Waals surface area contributed by atoms with Gasteiger partial charge in [-0.3, -0.25) is 9.10 Å². The Bertz CT molecular complexity index is 1030. The van der Waals surface area contributed by atoms with Gasteiger partial charge in [0.15, 0.2) is 9.84 Å². The molecule has 27 heavy (non-hydrogen) atoms. The molecule has 0 fully saturated rings. The van der Waals surface area contributed by atoms with Crippen LogP contribution in [0, 0.1) is 0 Å². The Morgan fingerprint density at radius 2 is 1.44 bits per heavy atom. The second-order valence-electron chi connectivity index (χ2n) is 6.31. The maximum atomic E-state index is 12.4. The summed E-state index contributed by atoms with van der Waals surface area (Å²) in [6, 6.07) is 12.2. The minimum absolute atomic E-state index is 0.218. The number of hydrogen-bond donors (Lipinski definition) is 1. The number of carbonyl (C=O) groups excluding carboxylic acids is 1. The molecule has 1 amide bonds. The van der Waals surface area contributed by atoms with Crippen molar-refractivity contribution in [1.29, 1.82) is 0 Å². The molecule has 0 saturated carbocycles. The highest BCUT2D eigenvalue weighted by Crippen LogP contribution is 2.19. The van der Waals surface area contributed by atoms with Gasteiger partial charge in [0.25, 0.3) is 5.91 Å². The number of nitrogens with zero attached hydrogens (tertiary/aromatic N) is 1. The van der Waals surface area contributed by atoms with Crippen LogP contribution in [0.1, 0.15) is 28.9 Å². The predicted molar refractivity (Wildman–Crippen MR) is 105 cm³/mol. The van der Waals surface area contributed by atoms with E-state index in [1.54, 1.807) is 43.3 Å². The van der Waals surface area contributed by atoms with E-state index in [0.29, 0.717) is 11.3 Å². The SMILES string of the molecule is CC(NC(=O)c1ccc(N(C)S(C)(=O)=O)cc1)c1ccc(S(C)(=O)=O)cc1. The van der Waals surface area contributed by atoms with Crippen molar-refractivity contribution in [3.8, 4) is 0 Å². The van der Waals surface area contributed by atoms with Crippen LogP contribution in [0.2, 0.25) is 0 Å². The third kappa shape index (κ3) is 5.30. The standard InChI is InChI=1S/C18H22N2O5S2/c1-13(14-7-11-17(12-8-14)26(3,22)23)19-18(21)15-5-9-16(10-6-15)20(2)27(4,24)25/h5-13H,1-4H3,(H,19,21). The molecule has 0 aromatic heterocycles. The van der Waals surface area contributed by atoms with Crippen molar-refractivity contribution in [2.75, 3.05) is 23.9 Å². The molecule has 0 radical (unpaired) electrons. The quantitative estimate of drug-likeness (QED) is 0.785. The Balaban J connectivity index is 2.10. The van der Waals surface area contributed by atoms with Crippen LogP contribution in [0.4, 0.5) is 5.69 Å². The summed E-state index contributed by atoms with van der Waals surface area (Å²) in [4.78, 5) is 12.6. The Labute approximate surface area is 160 Å². The number of carbonyl (C=O) groups is 1. The number of anilines is 1. The molecule has 2 aromatic rings. The highest BCUT2D eigenvalue weighted by atomic mass is 32.2. The third-order valence-corrected chi connectivity index (χ3v) is 6.48. The van der Waals surface area contributed by atoms with Gasteiger partial charge in [-0.15, -0.1) is 0 Å². The van der Waals surface area contributed by atoms with E-state index in [9.17, 15) is 21.6 Å². The Kier molecular flexibility index (Phi) is 5.96. The van der Waals surface area contributed by atoms with E-state index in [1.165, 1.54) is 19.2 Å². The first kappa shape index (κ1) is 20.9. The molecule has 0 aliphatic rings. The van der Waals surface area contributed by atoms with Gasteiger partial charge in [-0.05, 0) is 48.9 Å². The van der Waals surface area contributed by atoms with Crippen molar-refractivity contribution < 1.29 is 21.6 Å². The lowest BCUT2D eigenvalue weighted by molar-refractivity contribution is 0.0940. The molecule has 1 N–H and O–H groups in total. The molecule has 0 aliphatic carbocycles. The van der Waals surface area contributed by atoms with Crippen molar-refractivity contribution in [2.45, 2.75) is 17.9 Å². The first-order chi connectivity index (χ1) is 12.4. The van der Waals surface area contributed by atoms with E-state index >= 15 is 0 Å². The van der Waals surface area contributed by atoms with Crippen molar-refractivity contribution in [2.24, 2.45) is 0 Å². The molecule has 9 heteroatoms. The lowest BCUT2D eigenvalue weighted by Gasteiger charge is -2.17. The van der Waals surface area contributed by atoms with Crippen LogP contribution in [0.25, 0.3) is 0 Å². The second-order valence-corrected chi connectivity index (χ2v) is 10.3. The molecule has 1 unspecified atom stereocenters. The minimum atomic E-state index is -3.37. The summed E-state index contributed by atoms with van der Waals surface area (Å²) in [5.74, 6) is -0.316. The van der Waals surface area contributed by atoms with Crippen LogP contribution in [0.5, 0.6) is 0 Å². The van der Waals surface area contributed by atoms with E-state index in [0.717, 1.165) is 22.4 Å². The number of hydrogen-bond acceptors (Lipinski definition) is 5. The van der Waals surface area contributed by atoms with E-state index in [2.05, 4.69) is 5.32 Å². The molecule has 7 nitrogen and oxygen atoms in total. The maximum absolute atomic E-state index is 12.4. The molecule has 1 atom stereocenters. The van der Waals surface area contributed by atoms with Gasteiger partial charge in [0.2, 0.25) is 10.0 Å². The number of benzene rings is 2. The van der Waals surface area contributed by atoms with Crippen LogP contribution < -0.4 is 9.62 Å². The molecular formula is C18H22N2O5S2. The maximum Gasteiger partial charge on any atom is 0.251 e. The molecule has 0 spiro atoms. The lowest BCUT2D eigenvalue weighted by atomic mass is 10.1. The second kappa shape index (κ2) is 7.69. The molecule has 0 bridgehead atoms. The minimum Gasteiger partial charge on any atom is -0.346 e.